The van der Waals surface area contributed by atoms with Crippen LogP contribution in [0.1, 0.15) is 20.3 Å². The average Bonchev–Trinajstić information content (AvgIpc) is 2.39. The predicted octanol–water partition coefficient (Wildman–Crippen LogP) is 1.89. The van der Waals surface area contributed by atoms with Crippen LogP contribution in [0.5, 0.6) is 0 Å². The van der Waals surface area contributed by atoms with Crippen molar-refractivity contribution in [1.82, 2.24) is 0 Å². The summed E-state index contributed by atoms with van der Waals surface area (Å²) in [5.74, 6) is -0.464. The molecule has 8 nitrogen and oxygen atoms in total. The van der Waals surface area contributed by atoms with Gasteiger partial charge in [0.15, 0.2) is 11.4 Å². The highest BCUT2D eigenvalue weighted by atomic mass is 32.2. The van der Waals surface area contributed by atoms with Crippen molar-refractivity contribution in [3.05, 3.63) is 10.4 Å². The molecule has 0 aliphatic rings. The number of hydrogen-bond donors (Lipinski definition) is 0. The average molecular weight is 305 g/mol. The summed E-state index contributed by atoms with van der Waals surface area (Å²) in [6, 6.07) is -0.599. The van der Waals surface area contributed by atoms with Crippen LogP contribution in [0.25, 0.3) is 10.4 Å². The number of methoxy groups -OCH3 is 2. The summed E-state index contributed by atoms with van der Waals surface area (Å²) in [6.45, 7) is 2.64. The number of carbonyl (C=O) groups is 2. The second kappa shape index (κ2) is 10.5. The lowest BCUT2D eigenvalue weighted by Crippen LogP contribution is -2.32. The third-order valence-corrected chi connectivity index (χ3v) is 3.44. The van der Waals surface area contributed by atoms with Crippen molar-refractivity contribution in [1.29, 1.82) is 0 Å². The molecular weight excluding hydrogens is 286 g/mol. The third-order valence-electron chi connectivity index (χ3n) is 2.36. The van der Waals surface area contributed by atoms with E-state index in [2.05, 4.69) is 10.0 Å². The molecule has 0 fully saturated rings. The van der Waals surface area contributed by atoms with E-state index in [0.717, 1.165) is 11.8 Å². The van der Waals surface area contributed by atoms with E-state index in [4.69, 9.17) is 19.7 Å². The Morgan fingerprint density at radius 3 is 2.30 bits per heavy atom. The van der Waals surface area contributed by atoms with Crippen LogP contribution in [0.2, 0.25) is 0 Å². The molecule has 0 aliphatic carbocycles. The van der Waals surface area contributed by atoms with Gasteiger partial charge >= 0.3 is 5.97 Å². The molecular formula is C11H19N3O5S. The Morgan fingerprint density at radius 2 is 1.90 bits per heavy atom. The van der Waals surface area contributed by atoms with Gasteiger partial charge in [-0.25, -0.2) is 0 Å². The maximum absolute atomic E-state index is 11.3. The molecule has 9 heteroatoms. The van der Waals surface area contributed by atoms with Crippen LogP contribution in [0, 0.1) is 0 Å². The molecule has 0 N–H and O–H groups in total. The Labute approximate surface area is 121 Å². The number of nitrogens with zero attached hydrogens (tertiary/aromatic N) is 3. The molecule has 0 bridgehead atoms. The smallest absolute Gasteiger partial charge is 0.302 e. The normalized spacial score (nSPS) is 13.4. The molecule has 0 aliphatic heterocycles. The summed E-state index contributed by atoms with van der Waals surface area (Å²) in [5.41, 5.74) is 8.63. The summed E-state index contributed by atoms with van der Waals surface area (Å²) < 4.78 is 15.0. The lowest BCUT2D eigenvalue weighted by molar-refractivity contribution is -0.141. The van der Waals surface area contributed by atoms with Crippen molar-refractivity contribution in [2.75, 3.05) is 20.8 Å². The number of ether oxygens (including phenoxy) is 3. The monoisotopic (exact) mass is 305 g/mol. The molecule has 0 heterocycles. The second-order valence-electron chi connectivity index (χ2n) is 3.86. The van der Waals surface area contributed by atoms with Gasteiger partial charge in [0.25, 0.3) is 0 Å². The number of azide groups is 1. The SMILES string of the molecule is COC(C[C@H](N=[N+]=[N-])[C@@H](COC(C)=O)SC(C)=O)OC. The number of rotatable bonds is 9. The van der Waals surface area contributed by atoms with Crippen molar-refractivity contribution in [2.45, 2.75) is 37.9 Å². The van der Waals surface area contributed by atoms with Crippen LogP contribution in [0.4, 0.5) is 0 Å². The first-order valence-corrected chi connectivity index (χ1v) is 6.72. The van der Waals surface area contributed by atoms with E-state index in [1.165, 1.54) is 28.1 Å². The molecule has 0 spiro atoms. The fourth-order valence-electron chi connectivity index (χ4n) is 1.46. The Kier molecular flexibility index (Phi) is 9.83. The van der Waals surface area contributed by atoms with Gasteiger partial charge in [-0.1, -0.05) is 16.9 Å². The van der Waals surface area contributed by atoms with Crippen molar-refractivity contribution >= 4 is 22.8 Å². The highest BCUT2D eigenvalue weighted by Gasteiger charge is 2.27. The molecule has 0 amide bonds. The van der Waals surface area contributed by atoms with E-state index in [1.54, 1.807) is 0 Å². The maximum Gasteiger partial charge on any atom is 0.302 e. The third kappa shape index (κ3) is 8.00. The first-order valence-electron chi connectivity index (χ1n) is 5.85. The zero-order valence-corrected chi connectivity index (χ0v) is 12.8. The molecule has 2 atom stereocenters. The van der Waals surface area contributed by atoms with Gasteiger partial charge in [0.05, 0.1) is 11.3 Å². The van der Waals surface area contributed by atoms with Gasteiger partial charge < -0.3 is 14.2 Å². The van der Waals surface area contributed by atoms with E-state index in [0.29, 0.717) is 0 Å². The summed E-state index contributed by atoms with van der Waals surface area (Å²) in [4.78, 5) is 24.9. The molecule has 114 valence electrons. The molecule has 0 saturated carbocycles. The minimum Gasteiger partial charge on any atom is -0.465 e. The Balaban J connectivity index is 4.92. The van der Waals surface area contributed by atoms with E-state index >= 15 is 0 Å². The zero-order chi connectivity index (χ0) is 15.5. The maximum atomic E-state index is 11.3. The van der Waals surface area contributed by atoms with Gasteiger partial charge in [-0.3, -0.25) is 9.59 Å². The molecule has 0 saturated heterocycles. The standard InChI is InChI=1S/C11H19N3O5S/c1-7(15)19-6-10(20-8(2)16)9(13-14-12)5-11(17-3)18-4/h9-11H,5-6H2,1-4H3/t9-,10+/m0/s1. The van der Waals surface area contributed by atoms with E-state index in [1.807, 2.05) is 0 Å². The van der Waals surface area contributed by atoms with Gasteiger partial charge in [-0.2, -0.15) is 0 Å². The fourth-order valence-corrected chi connectivity index (χ4v) is 2.35. The molecule has 20 heavy (non-hydrogen) atoms. The van der Waals surface area contributed by atoms with Crippen molar-refractivity contribution in [3.8, 4) is 0 Å². The second-order valence-corrected chi connectivity index (χ2v) is 5.28. The highest BCUT2D eigenvalue weighted by Crippen LogP contribution is 2.23. The molecule has 0 aromatic carbocycles. The Morgan fingerprint density at radius 1 is 1.30 bits per heavy atom. The van der Waals surface area contributed by atoms with Gasteiger partial charge in [-0.05, 0) is 5.53 Å². The largest absolute Gasteiger partial charge is 0.465 e. The number of carbonyl (C=O) groups excluding carboxylic acids is 2. The fraction of sp³-hybridized carbons (Fsp3) is 0.818. The van der Waals surface area contributed by atoms with Crippen LogP contribution < -0.4 is 0 Å². The van der Waals surface area contributed by atoms with Gasteiger partial charge in [-0.15, -0.1) is 0 Å². The van der Waals surface area contributed by atoms with Crippen LogP contribution in [-0.4, -0.2) is 49.5 Å². The molecule has 0 aromatic rings. The van der Waals surface area contributed by atoms with Crippen molar-refractivity contribution < 1.29 is 23.8 Å². The van der Waals surface area contributed by atoms with Crippen molar-refractivity contribution in [2.24, 2.45) is 5.11 Å². The first-order chi connectivity index (χ1) is 9.44. The summed E-state index contributed by atoms with van der Waals surface area (Å²) in [7, 11) is 2.92. The number of thioether (sulfide) groups is 1. The Bertz CT molecular complexity index is 369. The van der Waals surface area contributed by atoms with Crippen LogP contribution in [-0.2, 0) is 23.8 Å². The van der Waals surface area contributed by atoms with E-state index < -0.39 is 23.6 Å². The van der Waals surface area contributed by atoms with Gasteiger partial charge in [0.1, 0.15) is 6.61 Å². The van der Waals surface area contributed by atoms with E-state index in [9.17, 15) is 9.59 Å². The zero-order valence-electron chi connectivity index (χ0n) is 11.9. The summed E-state index contributed by atoms with van der Waals surface area (Å²) >= 11 is 0.960. The van der Waals surface area contributed by atoms with Gasteiger partial charge in [0.2, 0.25) is 0 Å². The van der Waals surface area contributed by atoms with E-state index in [-0.39, 0.29) is 18.1 Å². The topological polar surface area (TPSA) is 111 Å². The predicted molar refractivity (Wildman–Crippen MR) is 74.1 cm³/mol. The van der Waals surface area contributed by atoms with Gasteiger partial charge in [0, 0.05) is 39.4 Å². The molecule has 0 radical (unpaired) electrons. The minimum absolute atomic E-state index is 0.0244. The summed E-state index contributed by atoms with van der Waals surface area (Å²) in [5, 5.41) is 3.00. The van der Waals surface area contributed by atoms with Crippen LogP contribution in [0.3, 0.4) is 0 Å². The first kappa shape index (κ1) is 18.7. The molecule has 0 rings (SSSR count). The molecule has 0 aromatic heterocycles. The van der Waals surface area contributed by atoms with Crippen LogP contribution >= 0.6 is 11.8 Å². The van der Waals surface area contributed by atoms with Crippen LogP contribution in [0.15, 0.2) is 5.11 Å². The van der Waals surface area contributed by atoms with Crippen molar-refractivity contribution in [3.63, 3.8) is 0 Å². The Hall–Kier alpha value is -1.28. The molecule has 0 unspecified atom stereocenters. The quantitative estimate of drug-likeness (QED) is 0.211. The minimum atomic E-state index is -0.599. The highest BCUT2D eigenvalue weighted by molar-refractivity contribution is 8.14. The number of esters is 1. The number of hydrogen-bond acceptors (Lipinski definition) is 7. The summed E-state index contributed by atoms with van der Waals surface area (Å²) in [6.07, 6.45) is -0.318. The lowest BCUT2D eigenvalue weighted by Gasteiger charge is -2.24. The lowest BCUT2D eigenvalue weighted by atomic mass is 10.1.